The highest BCUT2D eigenvalue weighted by Crippen LogP contribution is 2.46. The highest BCUT2D eigenvalue weighted by atomic mass is 16.6. The first-order valence-corrected chi connectivity index (χ1v) is 6.45. The summed E-state index contributed by atoms with van der Waals surface area (Å²) >= 11 is 0. The van der Waals surface area contributed by atoms with Crippen LogP contribution in [0.25, 0.3) is 10.8 Å². The Morgan fingerprint density at radius 3 is 2.53 bits per heavy atom. The summed E-state index contributed by atoms with van der Waals surface area (Å²) in [4.78, 5) is 25.1. The van der Waals surface area contributed by atoms with Crippen LogP contribution in [-0.2, 0) is 11.3 Å². The molecule has 0 unspecified atom stereocenters. The average molecular weight is 258 g/mol. The Labute approximate surface area is 109 Å². The molecule has 98 valence electrons. The number of hydrogen-bond donors (Lipinski definition) is 0. The largest absolute Gasteiger partial charge is 0.362 e. The van der Waals surface area contributed by atoms with Crippen LogP contribution in [0.1, 0.15) is 19.9 Å². The molecular weight excluding hydrogens is 244 g/mol. The summed E-state index contributed by atoms with van der Waals surface area (Å²) in [7, 11) is 0. The Bertz CT molecular complexity index is 820. The highest BCUT2D eigenvalue weighted by molar-refractivity contribution is 5.80. The molecule has 2 aliphatic heterocycles. The Balaban J connectivity index is 2.16. The van der Waals surface area contributed by atoms with Crippen LogP contribution in [0, 0.1) is 0 Å². The minimum Gasteiger partial charge on any atom is -0.362 e. The van der Waals surface area contributed by atoms with Crippen molar-refractivity contribution >= 4 is 10.8 Å². The fourth-order valence-corrected chi connectivity index (χ4v) is 3.30. The molecule has 0 aliphatic carbocycles. The lowest BCUT2D eigenvalue weighted by atomic mass is 10.0. The lowest BCUT2D eigenvalue weighted by molar-refractivity contribution is 0.269. The van der Waals surface area contributed by atoms with Crippen LogP contribution in [0.5, 0.6) is 0 Å². The molecule has 0 N–H and O–H groups in total. The van der Waals surface area contributed by atoms with Gasteiger partial charge in [-0.2, -0.15) is 0 Å². The number of nitrogens with zero attached hydrogens (tertiary/aromatic N) is 2. The van der Waals surface area contributed by atoms with E-state index in [2.05, 4.69) is 0 Å². The van der Waals surface area contributed by atoms with E-state index in [9.17, 15) is 9.59 Å². The van der Waals surface area contributed by atoms with Crippen molar-refractivity contribution in [2.24, 2.45) is 0 Å². The predicted molar refractivity (Wildman–Crippen MR) is 70.5 cm³/mol. The summed E-state index contributed by atoms with van der Waals surface area (Å²) in [6.07, 6.45) is 0.0331. The Morgan fingerprint density at radius 1 is 1.21 bits per heavy atom. The second-order valence-electron chi connectivity index (χ2n) is 5.65. The molecule has 3 atom stereocenters. The number of rotatable bonds is 0. The van der Waals surface area contributed by atoms with Crippen LogP contribution in [0.4, 0.5) is 0 Å². The van der Waals surface area contributed by atoms with Crippen LogP contribution < -0.4 is 11.1 Å². The van der Waals surface area contributed by atoms with Crippen LogP contribution in [0.3, 0.4) is 0 Å². The van der Waals surface area contributed by atoms with Crippen molar-refractivity contribution in [2.45, 2.75) is 38.1 Å². The third kappa shape index (κ3) is 1.23. The maximum Gasteiger partial charge on any atom is 0.273 e. The minimum absolute atomic E-state index is 0.0331. The summed E-state index contributed by atoms with van der Waals surface area (Å²) in [5.74, 6) is 0. The van der Waals surface area contributed by atoms with E-state index in [1.54, 1.807) is 33.6 Å². The number of fused-ring (bicyclic) bond motifs is 3. The number of benzene rings is 1. The number of ether oxygens (including phenoxy) is 1. The van der Waals surface area contributed by atoms with Gasteiger partial charge in [-0.3, -0.25) is 9.59 Å². The van der Waals surface area contributed by atoms with E-state index >= 15 is 0 Å². The molecule has 0 bridgehead atoms. The van der Waals surface area contributed by atoms with Gasteiger partial charge in [0.1, 0.15) is 11.7 Å². The van der Waals surface area contributed by atoms with E-state index in [1.165, 1.54) is 0 Å². The lowest BCUT2D eigenvalue weighted by Gasteiger charge is -2.27. The van der Waals surface area contributed by atoms with Gasteiger partial charge in [0.15, 0.2) is 0 Å². The van der Waals surface area contributed by atoms with E-state index in [-0.39, 0.29) is 28.9 Å². The molecule has 3 heterocycles. The van der Waals surface area contributed by atoms with Crippen LogP contribution in [-0.4, -0.2) is 21.1 Å². The van der Waals surface area contributed by atoms with Crippen molar-refractivity contribution in [2.75, 3.05) is 0 Å². The smallest absolute Gasteiger partial charge is 0.273 e. The molecule has 0 saturated carbocycles. The summed E-state index contributed by atoms with van der Waals surface area (Å²) in [6, 6.07) is 6.88. The van der Waals surface area contributed by atoms with Gasteiger partial charge in [0, 0.05) is 0 Å². The monoisotopic (exact) mass is 258 g/mol. The maximum absolute atomic E-state index is 12.6. The van der Waals surface area contributed by atoms with Gasteiger partial charge in [-0.1, -0.05) is 12.1 Å². The van der Waals surface area contributed by atoms with Gasteiger partial charge in [-0.25, -0.2) is 9.36 Å². The third-order valence-electron chi connectivity index (χ3n) is 4.32. The molecular formula is C14H14N2O3. The SMILES string of the molecule is C[C@H]1[C@@H]2O[C@@]2(C)Cn2c(=O)c3ccccc3c(=O)n21. The quantitative estimate of drug-likeness (QED) is 0.660. The van der Waals surface area contributed by atoms with E-state index < -0.39 is 0 Å². The van der Waals surface area contributed by atoms with E-state index in [4.69, 9.17) is 4.74 Å². The zero-order chi connectivity index (χ0) is 13.4. The summed E-state index contributed by atoms with van der Waals surface area (Å²) in [5, 5.41) is 0.971. The summed E-state index contributed by atoms with van der Waals surface area (Å²) < 4.78 is 8.78. The summed E-state index contributed by atoms with van der Waals surface area (Å²) in [6.45, 7) is 4.37. The predicted octanol–water partition coefficient (Wildman–Crippen LogP) is 0.895. The Kier molecular flexibility index (Phi) is 1.83. The highest BCUT2D eigenvalue weighted by Gasteiger charge is 2.59. The third-order valence-corrected chi connectivity index (χ3v) is 4.32. The zero-order valence-electron chi connectivity index (χ0n) is 10.8. The Morgan fingerprint density at radius 2 is 1.84 bits per heavy atom. The standard InChI is InChI=1S/C14H14N2O3/c1-8-11-14(2,19-11)7-15-12(17)9-5-3-4-6-10(9)13(18)16(8)15/h3-6,8,11H,7H2,1-2H3/t8-,11-,14-/m0/s1. The van der Waals surface area contributed by atoms with E-state index in [0.29, 0.717) is 17.3 Å². The number of aromatic nitrogens is 2. The fraction of sp³-hybridized carbons (Fsp3) is 0.429. The topological polar surface area (TPSA) is 56.5 Å². The van der Waals surface area contributed by atoms with Gasteiger partial charge in [-0.15, -0.1) is 0 Å². The molecule has 1 fully saturated rings. The minimum atomic E-state index is -0.294. The first-order chi connectivity index (χ1) is 9.03. The van der Waals surface area contributed by atoms with Gasteiger partial charge in [-0.05, 0) is 26.0 Å². The van der Waals surface area contributed by atoms with Crippen LogP contribution in [0.15, 0.2) is 33.9 Å². The molecule has 5 nitrogen and oxygen atoms in total. The average Bonchev–Trinajstić information content (AvgIpc) is 3.08. The molecule has 2 aliphatic rings. The molecule has 5 heteroatoms. The zero-order valence-corrected chi connectivity index (χ0v) is 10.8. The maximum atomic E-state index is 12.6. The van der Waals surface area contributed by atoms with Crippen molar-refractivity contribution in [1.82, 2.24) is 9.36 Å². The van der Waals surface area contributed by atoms with Crippen molar-refractivity contribution in [3.63, 3.8) is 0 Å². The number of epoxide rings is 1. The van der Waals surface area contributed by atoms with Crippen molar-refractivity contribution in [3.05, 3.63) is 45.0 Å². The van der Waals surface area contributed by atoms with Gasteiger partial charge in [0.2, 0.25) is 0 Å². The second kappa shape index (κ2) is 3.17. The van der Waals surface area contributed by atoms with Crippen molar-refractivity contribution in [1.29, 1.82) is 0 Å². The van der Waals surface area contributed by atoms with Crippen molar-refractivity contribution < 1.29 is 4.74 Å². The van der Waals surface area contributed by atoms with E-state index in [0.717, 1.165) is 0 Å². The molecule has 0 radical (unpaired) electrons. The second-order valence-corrected chi connectivity index (χ2v) is 5.65. The lowest BCUT2D eigenvalue weighted by Crippen LogP contribution is -2.48. The van der Waals surface area contributed by atoms with Crippen molar-refractivity contribution in [3.8, 4) is 0 Å². The van der Waals surface area contributed by atoms with Gasteiger partial charge < -0.3 is 4.74 Å². The normalized spacial score (nSPS) is 31.9. The van der Waals surface area contributed by atoms with Gasteiger partial charge >= 0.3 is 0 Å². The molecule has 1 aromatic heterocycles. The molecule has 19 heavy (non-hydrogen) atoms. The molecule has 0 spiro atoms. The molecule has 2 aromatic rings. The molecule has 4 rings (SSSR count). The molecule has 1 aromatic carbocycles. The van der Waals surface area contributed by atoms with Crippen LogP contribution in [0.2, 0.25) is 0 Å². The number of hydrogen-bond acceptors (Lipinski definition) is 3. The van der Waals surface area contributed by atoms with Crippen LogP contribution >= 0.6 is 0 Å². The van der Waals surface area contributed by atoms with Gasteiger partial charge in [0.05, 0.1) is 23.4 Å². The summed E-state index contributed by atoms with van der Waals surface area (Å²) in [5.41, 5.74) is -0.518. The van der Waals surface area contributed by atoms with E-state index in [1.807, 2.05) is 13.8 Å². The molecule has 1 saturated heterocycles. The first-order valence-electron chi connectivity index (χ1n) is 6.45. The van der Waals surface area contributed by atoms with Gasteiger partial charge in [0.25, 0.3) is 11.1 Å². The Hall–Kier alpha value is -1.88. The molecule has 0 amide bonds. The first kappa shape index (κ1) is 11.0. The fourth-order valence-electron chi connectivity index (χ4n) is 3.30.